The van der Waals surface area contributed by atoms with Crippen LogP contribution in [0.4, 0.5) is 0 Å². The molecule has 0 unspecified atom stereocenters. The fourth-order valence-corrected chi connectivity index (χ4v) is 1.35. The quantitative estimate of drug-likeness (QED) is 0.779. The largest absolute Gasteiger partial charge is 0.478 e. The van der Waals surface area contributed by atoms with Crippen molar-refractivity contribution in [2.24, 2.45) is 0 Å². The van der Waals surface area contributed by atoms with Crippen LogP contribution < -0.4 is 0 Å². The summed E-state index contributed by atoms with van der Waals surface area (Å²) in [6, 6.07) is 4.53. The highest BCUT2D eigenvalue weighted by atomic mass is 35.5. The van der Waals surface area contributed by atoms with Gasteiger partial charge in [0.15, 0.2) is 0 Å². The number of rotatable bonds is 1. The fourth-order valence-electron chi connectivity index (χ4n) is 1.16. The molecular formula is C9H5ClN2O2. The second kappa shape index (κ2) is 3.23. The highest BCUT2D eigenvalue weighted by molar-refractivity contribution is 6.35. The van der Waals surface area contributed by atoms with Gasteiger partial charge in [0.2, 0.25) is 0 Å². The van der Waals surface area contributed by atoms with Gasteiger partial charge in [0.25, 0.3) is 0 Å². The van der Waals surface area contributed by atoms with E-state index in [2.05, 4.69) is 10.2 Å². The Balaban J connectivity index is 2.76. The van der Waals surface area contributed by atoms with Crippen molar-refractivity contribution in [1.82, 2.24) is 10.2 Å². The van der Waals surface area contributed by atoms with Crippen molar-refractivity contribution < 1.29 is 9.90 Å². The maximum atomic E-state index is 10.7. The number of aromatic nitrogens is 2. The van der Waals surface area contributed by atoms with Crippen LogP contribution >= 0.6 is 11.6 Å². The van der Waals surface area contributed by atoms with Gasteiger partial charge in [-0.25, -0.2) is 4.79 Å². The first-order valence-electron chi connectivity index (χ1n) is 3.83. The van der Waals surface area contributed by atoms with Crippen LogP contribution in [0.25, 0.3) is 10.9 Å². The summed E-state index contributed by atoms with van der Waals surface area (Å²) in [6.07, 6.45) is 1.38. The molecule has 1 aromatic heterocycles. The monoisotopic (exact) mass is 208 g/mol. The summed E-state index contributed by atoms with van der Waals surface area (Å²) in [5.41, 5.74) is 0.773. The molecule has 0 radical (unpaired) electrons. The molecule has 0 amide bonds. The summed E-state index contributed by atoms with van der Waals surface area (Å²) >= 11 is 5.84. The Morgan fingerprint density at radius 1 is 1.43 bits per heavy atom. The lowest BCUT2D eigenvalue weighted by atomic mass is 10.1. The maximum Gasteiger partial charge on any atom is 0.335 e. The molecule has 14 heavy (non-hydrogen) atoms. The van der Waals surface area contributed by atoms with E-state index in [1.54, 1.807) is 6.07 Å². The molecule has 5 heteroatoms. The molecule has 0 bridgehead atoms. The summed E-state index contributed by atoms with van der Waals surface area (Å²) in [4.78, 5) is 10.7. The van der Waals surface area contributed by atoms with Gasteiger partial charge in [0.1, 0.15) is 0 Å². The van der Waals surface area contributed by atoms with Crippen LogP contribution in [0.5, 0.6) is 0 Å². The van der Waals surface area contributed by atoms with E-state index in [-0.39, 0.29) is 5.56 Å². The van der Waals surface area contributed by atoms with Gasteiger partial charge in [-0.3, -0.25) is 0 Å². The molecule has 0 aliphatic rings. The molecule has 0 aliphatic heterocycles. The van der Waals surface area contributed by atoms with Crippen molar-refractivity contribution in [3.63, 3.8) is 0 Å². The van der Waals surface area contributed by atoms with Crippen LogP contribution in [-0.2, 0) is 0 Å². The number of benzene rings is 1. The van der Waals surface area contributed by atoms with Crippen molar-refractivity contribution >= 4 is 28.5 Å². The van der Waals surface area contributed by atoms with E-state index in [1.807, 2.05) is 0 Å². The van der Waals surface area contributed by atoms with E-state index < -0.39 is 5.97 Å². The molecule has 0 atom stereocenters. The molecule has 1 N–H and O–H groups in total. The molecule has 0 saturated carbocycles. The number of aromatic carboxylic acids is 1. The minimum atomic E-state index is -0.986. The normalized spacial score (nSPS) is 10.4. The van der Waals surface area contributed by atoms with Crippen molar-refractivity contribution in [2.75, 3.05) is 0 Å². The fraction of sp³-hybridized carbons (Fsp3) is 0. The van der Waals surface area contributed by atoms with Crippen LogP contribution in [0.3, 0.4) is 0 Å². The summed E-state index contributed by atoms with van der Waals surface area (Å²) < 4.78 is 0. The molecule has 2 aromatic rings. The predicted molar refractivity (Wildman–Crippen MR) is 51.5 cm³/mol. The lowest BCUT2D eigenvalue weighted by molar-refractivity contribution is 0.0697. The maximum absolute atomic E-state index is 10.7. The smallest absolute Gasteiger partial charge is 0.335 e. The molecule has 1 heterocycles. The third-order valence-electron chi connectivity index (χ3n) is 1.84. The summed E-state index contributed by atoms with van der Waals surface area (Å²) in [7, 11) is 0. The number of nitrogens with zero attached hydrogens (tertiary/aromatic N) is 2. The van der Waals surface area contributed by atoms with E-state index in [4.69, 9.17) is 16.7 Å². The minimum Gasteiger partial charge on any atom is -0.478 e. The highest BCUT2D eigenvalue weighted by Gasteiger charge is 2.06. The lowest BCUT2D eigenvalue weighted by Crippen LogP contribution is -1.96. The molecule has 0 fully saturated rings. The van der Waals surface area contributed by atoms with Crippen molar-refractivity contribution in [2.45, 2.75) is 0 Å². The van der Waals surface area contributed by atoms with Gasteiger partial charge in [-0.15, -0.1) is 0 Å². The second-order valence-electron chi connectivity index (χ2n) is 2.73. The van der Waals surface area contributed by atoms with Gasteiger partial charge in [0, 0.05) is 5.39 Å². The predicted octanol–water partition coefficient (Wildman–Crippen LogP) is 1.98. The van der Waals surface area contributed by atoms with Gasteiger partial charge in [0.05, 0.1) is 22.3 Å². The summed E-state index contributed by atoms with van der Waals surface area (Å²) in [6.45, 7) is 0. The van der Waals surface area contributed by atoms with Gasteiger partial charge >= 0.3 is 5.97 Å². The van der Waals surface area contributed by atoms with Crippen LogP contribution in [0.1, 0.15) is 10.4 Å². The Hall–Kier alpha value is -1.68. The lowest BCUT2D eigenvalue weighted by Gasteiger charge is -1.99. The van der Waals surface area contributed by atoms with Gasteiger partial charge in [-0.2, -0.15) is 10.2 Å². The minimum absolute atomic E-state index is 0.187. The number of halogens is 1. The first-order chi connectivity index (χ1) is 6.68. The van der Waals surface area contributed by atoms with Gasteiger partial charge < -0.3 is 5.11 Å². The zero-order valence-corrected chi connectivity index (χ0v) is 7.69. The average molecular weight is 209 g/mol. The van der Waals surface area contributed by atoms with E-state index >= 15 is 0 Å². The SMILES string of the molecule is O=C(O)c1ccc2nncc(Cl)c2c1. The molecule has 0 spiro atoms. The Morgan fingerprint density at radius 2 is 2.21 bits per heavy atom. The molecular weight excluding hydrogens is 204 g/mol. The van der Waals surface area contributed by atoms with Crippen LogP contribution in [0.15, 0.2) is 24.4 Å². The van der Waals surface area contributed by atoms with Crippen molar-refractivity contribution in [3.05, 3.63) is 35.0 Å². The molecule has 4 nitrogen and oxygen atoms in total. The van der Waals surface area contributed by atoms with Crippen LogP contribution in [0.2, 0.25) is 5.02 Å². The molecule has 0 saturated heterocycles. The Kier molecular flexibility index (Phi) is 2.05. The van der Waals surface area contributed by atoms with Crippen LogP contribution in [-0.4, -0.2) is 21.3 Å². The van der Waals surface area contributed by atoms with E-state index in [9.17, 15) is 4.79 Å². The standard InChI is InChI=1S/C9H5ClN2O2/c10-7-4-11-12-8-2-1-5(9(13)14)3-6(7)8/h1-4H,(H,13,14). The third-order valence-corrected chi connectivity index (χ3v) is 2.14. The van der Waals surface area contributed by atoms with Crippen LogP contribution in [0, 0.1) is 0 Å². The van der Waals surface area contributed by atoms with E-state index in [0.717, 1.165) is 0 Å². The Morgan fingerprint density at radius 3 is 2.93 bits per heavy atom. The third kappa shape index (κ3) is 1.40. The number of fused-ring (bicyclic) bond motifs is 1. The topological polar surface area (TPSA) is 63.1 Å². The molecule has 70 valence electrons. The first kappa shape index (κ1) is 8.90. The average Bonchev–Trinajstić information content (AvgIpc) is 2.18. The zero-order valence-electron chi connectivity index (χ0n) is 6.94. The molecule has 0 aliphatic carbocycles. The first-order valence-corrected chi connectivity index (χ1v) is 4.20. The zero-order chi connectivity index (χ0) is 10.1. The van der Waals surface area contributed by atoms with Gasteiger partial charge in [-0.1, -0.05) is 11.6 Å². The number of carboxylic acid groups (broad SMARTS) is 1. The number of carbonyl (C=O) groups is 1. The van der Waals surface area contributed by atoms with Crippen molar-refractivity contribution in [1.29, 1.82) is 0 Å². The second-order valence-corrected chi connectivity index (χ2v) is 3.14. The van der Waals surface area contributed by atoms with Crippen molar-refractivity contribution in [3.8, 4) is 0 Å². The molecule has 2 rings (SSSR count). The number of hydrogen-bond donors (Lipinski definition) is 1. The molecule has 1 aromatic carbocycles. The number of carboxylic acids is 1. The summed E-state index contributed by atoms with van der Waals surface area (Å²) in [5, 5.41) is 17.2. The highest BCUT2D eigenvalue weighted by Crippen LogP contribution is 2.21. The summed E-state index contributed by atoms with van der Waals surface area (Å²) in [5.74, 6) is -0.986. The Labute approximate surface area is 84.1 Å². The number of hydrogen-bond acceptors (Lipinski definition) is 3. The van der Waals surface area contributed by atoms with E-state index in [0.29, 0.717) is 15.9 Å². The van der Waals surface area contributed by atoms with E-state index in [1.165, 1.54) is 18.3 Å². The Bertz CT molecular complexity index is 513. The van der Waals surface area contributed by atoms with Gasteiger partial charge in [-0.05, 0) is 18.2 Å².